The van der Waals surface area contributed by atoms with Gasteiger partial charge in [-0.25, -0.2) is 0 Å². The molecule has 170 valence electrons. The lowest BCUT2D eigenvalue weighted by Gasteiger charge is -2.23. The highest BCUT2D eigenvalue weighted by molar-refractivity contribution is 5.97. The van der Waals surface area contributed by atoms with E-state index in [9.17, 15) is 9.59 Å². The summed E-state index contributed by atoms with van der Waals surface area (Å²) in [5.74, 6) is 1.30. The molecule has 6 nitrogen and oxygen atoms in total. The Morgan fingerprint density at radius 3 is 2.09 bits per heavy atom. The zero-order chi connectivity index (χ0) is 23.0. The van der Waals surface area contributed by atoms with Crippen molar-refractivity contribution in [3.05, 3.63) is 95.6 Å². The zero-order valence-electron chi connectivity index (χ0n) is 18.8. The molecule has 0 aliphatic carbocycles. The minimum atomic E-state index is -0.0653. The monoisotopic (exact) mass is 444 g/mol. The molecule has 1 aliphatic rings. The Hall–Kier alpha value is -3.80. The molecule has 4 rings (SSSR count). The van der Waals surface area contributed by atoms with E-state index in [0.29, 0.717) is 49.7 Å². The maximum atomic E-state index is 13.1. The number of ether oxygens (including phenoxy) is 2. The van der Waals surface area contributed by atoms with E-state index in [1.54, 1.807) is 24.1 Å². The van der Waals surface area contributed by atoms with Gasteiger partial charge in [0.2, 0.25) is 0 Å². The minimum Gasteiger partial charge on any atom is -0.496 e. The Labute approximate surface area is 194 Å². The molecular weight excluding hydrogens is 416 g/mol. The largest absolute Gasteiger partial charge is 0.496 e. The van der Waals surface area contributed by atoms with Crippen LogP contribution in [-0.4, -0.2) is 54.9 Å². The summed E-state index contributed by atoms with van der Waals surface area (Å²) in [4.78, 5) is 29.7. The number of hydrogen-bond donors (Lipinski definition) is 0. The second kappa shape index (κ2) is 10.7. The van der Waals surface area contributed by atoms with Crippen molar-refractivity contribution >= 4 is 11.8 Å². The van der Waals surface area contributed by atoms with Crippen LogP contribution in [0, 0.1) is 0 Å². The van der Waals surface area contributed by atoms with Gasteiger partial charge >= 0.3 is 0 Å². The highest BCUT2D eigenvalue weighted by Crippen LogP contribution is 2.21. The van der Waals surface area contributed by atoms with Crippen molar-refractivity contribution in [3.8, 4) is 11.5 Å². The highest BCUT2D eigenvalue weighted by Gasteiger charge is 2.25. The molecule has 33 heavy (non-hydrogen) atoms. The number of rotatable bonds is 6. The highest BCUT2D eigenvalue weighted by atomic mass is 16.5. The van der Waals surface area contributed by atoms with E-state index in [0.717, 1.165) is 17.7 Å². The zero-order valence-corrected chi connectivity index (χ0v) is 18.8. The van der Waals surface area contributed by atoms with Gasteiger partial charge in [-0.15, -0.1) is 0 Å². The van der Waals surface area contributed by atoms with Gasteiger partial charge in [0.25, 0.3) is 11.8 Å². The average Bonchev–Trinajstić information content (AvgIpc) is 3.14. The number of carbonyl (C=O) groups excluding carboxylic acids is 2. The van der Waals surface area contributed by atoms with Crippen LogP contribution in [0.3, 0.4) is 0 Å². The summed E-state index contributed by atoms with van der Waals surface area (Å²) >= 11 is 0. The number of hydrogen-bond acceptors (Lipinski definition) is 4. The first-order valence-corrected chi connectivity index (χ1v) is 11.1. The topological polar surface area (TPSA) is 59.1 Å². The fourth-order valence-corrected chi connectivity index (χ4v) is 3.92. The molecule has 0 N–H and O–H groups in total. The van der Waals surface area contributed by atoms with Gasteiger partial charge in [0.05, 0.1) is 12.7 Å². The van der Waals surface area contributed by atoms with E-state index in [1.165, 1.54) is 0 Å². The van der Waals surface area contributed by atoms with Gasteiger partial charge in [0, 0.05) is 31.7 Å². The second-order valence-electron chi connectivity index (χ2n) is 7.94. The van der Waals surface area contributed by atoms with Crippen molar-refractivity contribution < 1.29 is 19.1 Å². The number of nitrogens with zero attached hydrogens (tertiary/aromatic N) is 2. The first-order valence-electron chi connectivity index (χ1n) is 11.1. The van der Waals surface area contributed by atoms with Crippen molar-refractivity contribution in [2.24, 2.45) is 0 Å². The number of benzene rings is 3. The fraction of sp³-hybridized carbons (Fsp3) is 0.259. The summed E-state index contributed by atoms with van der Waals surface area (Å²) in [5.41, 5.74) is 2.19. The van der Waals surface area contributed by atoms with Crippen LogP contribution < -0.4 is 9.47 Å². The molecule has 0 atom stereocenters. The van der Waals surface area contributed by atoms with E-state index >= 15 is 0 Å². The van der Waals surface area contributed by atoms with Crippen LogP contribution in [0.4, 0.5) is 0 Å². The third-order valence-electron chi connectivity index (χ3n) is 5.76. The molecule has 0 saturated carbocycles. The molecule has 1 saturated heterocycles. The Balaban J connectivity index is 1.35. The van der Waals surface area contributed by atoms with Gasteiger partial charge < -0.3 is 19.3 Å². The predicted molar refractivity (Wildman–Crippen MR) is 127 cm³/mol. The van der Waals surface area contributed by atoms with Crippen LogP contribution in [0.2, 0.25) is 0 Å². The van der Waals surface area contributed by atoms with Crippen LogP contribution >= 0.6 is 0 Å². The van der Waals surface area contributed by atoms with Crippen LogP contribution in [0.25, 0.3) is 0 Å². The van der Waals surface area contributed by atoms with Gasteiger partial charge in [0.1, 0.15) is 18.1 Å². The lowest BCUT2D eigenvalue weighted by Crippen LogP contribution is -2.37. The first-order chi connectivity index (χ1) is 16.2. The Morgan fingerprint density at radius 2 is 1.39 bits per heavy atom. The number of amides is 2. The molecule has 6 heteroatoms. The van der Waals surface area contributed by atoms with Crippen molar-refractivity contribution in [2.45, 2.75) is 13.0 Å². The molecule has 1 fully saturated rings. The van der Waals surface area contributed by atoms with Crippen LogP contribution in [-0.2, 0) is 6.61 Å². The molecule has 0 bridgehead atoms. The van der Waals surface area contributed by atoms with Gasteiger partial charge in [0.15, 0.2) is 0 Å². The third-order valence-corrected chi connectivity index (χ3v) is 5.76. The normalized spacial score (nSPS) is 13.8. The molecular formula is C27H28N2O4. The van der Waals surface area contributed by atoms with E-state index in [-0.39, 0.29) is 11.8 Å². The number of para-hydroxylation sites is 2. The average molecular weight is 445 g/mol. The van der Waals surface area contributed by atoms with Gasteiger partial charge in [-0.05, 0) is 48.4 Å². The third kappa shape index (κ3) is 5.52. The fourth-order valence-electron chi connectivity index (χ4n) is 3.92. The minimum absolute atomic E-state index is 0.0166. The summed E-state index contributed by atoms with van der Waals surface area (Å²) in [7, 11) is 1.56. The van der Waals surface area contributed by atoms with Gasteiger partial charge in [-0.1, -0.05) is 42.5 Å². The summed E-state index contributed by atoms with van der Waals surface area (Å²) in [6, 6.07) is 24.4. The molecule has 0 aromatic heterocycles. The van der Waals surface area contributed by atoms with E-state index in [2.05, 4.69) is 0 Å². The second-order valence-corrected chi connectivity index (χ2v) is 7.94. The molecule has 0 radical (unpaired) electrons. The van der Waals surface area contributed by atoms with Crippen molar-refractivity contribution in [1.82, 2.24) is 9.80 Å². The summed E-state index contributed by atoms with van der Waals surface area (Å²) in [5, 5.41) is 0. The van der Waals surface area contributed by atoms with Gasteiger partial charge in [-0.2, -0.15) is 0 Å². The quantitative estimate of drug-likeness (QED) is 0.570. The van der Waals surface area contributed by atoms with Crippen LogP contribution in [0.1, 0.15) is 32.7 Å². The molecule has 1 aliphatic heterocycles. The molecule has 2 amide bonds. The Morgan fingerprint density at radius 1 is 0.758 bits per heavy atom. The smallest absolute Gasteiger partial charge is 0.257 e. The van der Waals surface area contributed by atoms with Gasteiger partial charge in [-0.3, -0.25) is 9.59 Å². The Bertz CT molecular complexity index is 1080. The lowest BCUT2D eigenvalue weighted by molar-refractivity contribution is 0.0717. The molecule has 0 unspecified atom stereocenters. The lowest BCUT2D eigenvalue weighted by atomic mass is 10.1. The van der Waals surface area contributed by atoms with E-state index in [1.807, 2.05) is 71.6 Å². The maximum absolute atomic E-state index is 13.1. The van der Waals surface area contributed by atoms with Crippen LogP contribution in [0.5, 0.6) is 11.5 Å². The molecule has 1 heterocycles. The van der Waals surface area contributed by atoms with Crippen molar-refractivity contribution in [3.63, 3.8) is 0 Å². The summed E-state index contributed by atoms with van der Waals surface area (Å²) in [6.45, 7) is 2.66. The summed E-state index contributed by atoms with van der Waals surface area (Å²) < 4.78 is 11.1. The van der Waals surface area contributed by atoms with Crippen molar-refractivity contribution in [1.29, 1.82) is 0 Å². The van der Waals surface area contributed by atoms with Crippen molar-refractivity contribution in [2.75, 3.05) is 33.3 Å². The molecule has 3 aromatic carbocycles. The number of carbonyl (C=O) groups is 2. The maximum Gasteiger partial charge on any atom is 0.257 e. The molecule has 3 aromatic rings. The standard InChI is InChI=1S/C27H28N2O4/c1-32-25-11-6-5-10-24(25)27(31)29-17-7-16-28(18-19-29)26(30)22-14-12-21(13-15-22)20-33-23-8-3-2-4-9-23/h2-6,8-15H,7,16-20H2,1H3. The van der Waals surface area contributed by atoms with E-state index < -0.39 is 0 Å². The number of methoxy groups -OCH3 is 1. The first kappa shape index (κ1) is 22.4. The van der Waals surface area contributed by atoms with E-state index in [4.69, 9.17) is 9.47 Å². The van der Waals surface area contributed by atoms with Crippen LogP contribution in [0.15, 0.2) is 78.9 Å². The SMILES string of the molecule is COc1ccccc1C(=O)N1CCCN(C(=O)c2ccc(COc3ccccc3)cc2)CC1. The summed E-state index contributed by atoms with van der Waals surface area (Å²) in [6.07, 6.45) is 0.732. The predicted octanol–water partition coefficient (Wildman–Crippen LogP) is 4.26. The molecule has 0 spiro atoms. The Kier molecular flexibility index (Phi) is 7.25.